The lowest BCUT2D eigenvalue weighted by Crippen LogP contribution is -2.26. The topological polar surface area (TPSA) is 116 Å². The third-order valence-electron chi connectivity index (χ3n) is 2.70. The SMILES string of the molecule is COC(=O)c1scc(C)c1S(=O)(=O)NCCCCC(N)=O. The van der Waals surface area contributed by atoms with Gasteiger partial charge in [-0.3, -0.25) is 4.79 Å². The van der Waals surface area contributed by atoms with Crippen LogP contribution in [0.15, 0.2) is 10.3 Å². The number of carbonyl (C=O) groups is 2. The van der Waals surface area contributed by atoms with E-state index in [4.69, 9.17) is 5.73 Å². The van der Waals surface area contributed by atoms with Gasteiger partial charge in [-0.25, -0.2) is 17.9 Å². The smallest absolute Gasteiger partial charge is 0.349 e. The lowest BCUT2D eigenvalue weighted by atomic mass is 10.2. The Hall–Kier alpha value is -1.45. The van der Waals surface area contributed by atoms with Gasteiger partial charge in [-0.15, -0.1) is 11.3 Å². The summed E-state index contributed by atoms with van der Waals surface area (Å²) < 4.78 is 31.5. The largest absolute Gasteiger partial charge is 0.465 e. The number of esters is 1. The maximum absolute atomic E-state index is 12.2. The van der Waals surface area contributed by atoms with Crippen molar-refractivity contribution in [3.05, 3.63) is 15.8 Å². The Morgan fingerprint density at radius 3 is 2.62 bits per heavy atom. The highest BCUT2D eigenvalue weighted by Crippen LogP contribution is 2.27. The zero-order valence-electron chi connectivity index (χ0n) is 11.8. The van der Waals surface area contributed by atoms with Crippen LogP contribution in [0.1, 0.15) is 34.5 Å². The Labute approximate surface area is 127 Å². The van der Waals surface area contributed by atoms with Crippen molar-refractivity contribution in [2.45, 2.75) is 31.1 Å². The molecule has 1 aromatic heterocycles. The molecule has 0 radical (unpaired) electrons. The molecule has 9 heteroatoms. The number of methoxy groups -OCH3 is 1. The number of unbranched alkanes of at least 4 members (excludes halogenated alkanes) is 1. The lowest BCUT2D eigenvalue weighted by Gasteiger charge is -2.08. The van der Waals surface area contributed by atoms with Crippen molar-refractivity contribution < 1.29 is 22.7 Å². The fourth-order valence-corrected chi connectivity index (χ4v) is 4.48. The number of hydrogen-bond acceptors (Lipinski definition) is 6. The predicted octanol–water partition coefficient (Wildman–Crippen LogP) is 0.777. The van der Waals surface area contributed by atoms with Gasteiger partial charge in [0.1, 0.15) is 9.77 Å². The molecule has 0 aliphatic carbocycles. The number of ether oxygens (including phenoxy) is 1. The third-order valence-corrected chi connectivity index (χ3v) is 5.55. The summed E-state index contributed by atoms with van der Waals surface area (Å²) in [6.07, 6.45) is 1.20. The van der Waals surface area contributed by atoms with E-state index in [-0.39, 0.29) is 22.7 Å². The highest BCUT2D eigenvalue weighted by molar-refractivity contribution is 7.89. The molecule has 0 unspecified atom stereocenters. The Bertz CT molecular complexity index is 622. The van der Waals surface area contributed by atoms with Crippen LogP contribution in [0.5, 0.6) is 0 Å². The molecule has 0 bridgehead atoms. The summed E-state index contributed by atoms with van der Waals surface area (Å²) in [4.78, 5) is 22.2. The molecule has 0 aromatic carbocycles. The molecular weight excluding hydrogens is 316 g/mol. The molecule has 3 N–H and O–H groups in total. The highest BCUT2D eigenvalue weighted by atomic mass is 32.2. The van der Waals surface area contributed by atoms with Crippen LogP contribution in [0.3, 0.4) is 0 Å². The van der Waals surface area contributed by atoms with E-state index in [1.54, 1.807) is 12.3 Å². The van der Waals surface area contributed by atoms with E-state index >= 15 is 0 Å². The summed E-state index contributed by atoms with van der Waals surface area (Å²) in [7, 11) is -2.59. The van der Waals surface area contributed by atoms with E-state index in [0.717, 1.165) is 11.3 Å². The number of thiophene rings is 1. The molecule has 0 aliphatic heterocycles. The quantitative estimate of drug-likeness (QED) is 0.538. The zero-order chi connectivity index (χ0) is 16.0. The number of carbonyl (C=O) groups excluding carboxylic acids is 2. The van der Waals surface area contributed by atoms with E-state index in [0.29, 0.717) is 18.4 Å². The van der Waals surface area contributed by atoms with Gasteiger partial charge >= 0.3 is 5.97 Å². The molecule has 7 nitrogen and oxygen atoms in total. The molecule has 118 valence electrons. The molecule has 0 saturated carbocycles. The van der Waals surface area contributed by atoms with Gasteiger partial charge in [0.25, 0.3) is 0 Å². The van der Waals surface area contributed by atoms with Gasteiger partial charge in [-0.2, -0.15) is 0 Å². The maximum atomic E-state index is 12.2. The van der Waals surface area contributed by atoms with Crippen LogP contribution in [0.4, 0.5) is 0 Å². The summed E-state index contributed by atoms with van der Waals surface area (Å²) in [5, 5.41) is 1.59. The maximum Gasteiger partial charge on any atom is 0.349 e. The molecule has 0 fully saturated rings. The average molecular weight is 334 g/mol. The molecule has 1 rings (SSSR count). The minimum Gasteiger partial charge on any atom is -0.465 e. The second-order valence-corrected chi connectivity index (χ2v) is 6.97. The van der Waals surface area contributed by atoms with Crippen molar-refractivity contribution >= 4 is 33.2 Å². The number of aryl methyl sites for hydroxylation is 1. The fraction of sp³-hybridized carbons (Fsp3) is 0.500. The second-order valence-electron chi connectivity index (χ2n) is 4.39. The standard InChI is InChI=1S/C12H18N2O5S2/c1-8-7-20-10(12(16)19-2)11(8)21(17,18)14-6-4-3-5-9(13)15/h7,14H,3-6H2,1-2H3,(H2,13,15). The molecular formula is C12H18N2O5S2. The van der Waals surface area contributed by atoms with E-state index in [2.05, 4.69) is 9.46 Å². The van der Waals surface area contributed by atoms with Crippen LogP contribution in [0.25, 0.3) is 0 Å². The van der Waals surface area contributed by atoms with E-state index < -0.39 is 21.9 Å². The second kappa shape index (κ2) is 7.53. The monoisotopic (exact) mass is 334 g/mol. The van der Waals surface area contributed by atoms with Gasteiger partial charge in [0.15, 0.2) is 0 Å². The number of rotatable bonds is 8. The van der Waals surface area contributed by atoms with Gasteiger partial charge in [0.05, 0.1) is 7.11 Å². The van der Waals surface area contributed by atoms with Crippen molar-refractivity contribution in [3.8, 4) is 0 Å². The first-order valence-corrected chi connectivity index (χ1v) is 8.60. The van der Waals surface area contributed by atoms with Crippen molar-refractivity contribution in [2.24, 2.45) is 5.73 Å². The van der Waals surface area contributed by atoms with E-state index in [1.165, 1.54) is 7.11 Å². The predicted molar refractivity (Wildman–Crippen MR) is 78.6 cm³/mol. The average Bonchev–Trinajstić information content (AvgIpc) is 2.79. The Balaban J connectivity index is 2.77. The fourth-order valence-electron chi connectivity index (χ4n) is 1.70. The van der Waals surface area contributed by atoms with Gasteiger partial charge < -0.3 is 10.5 Å². The molecule has 1 aromatic rings. The third kappa shape index (κ3) is 4.80. The molecule has 0 spiro atoms. The normalized spacial score (nSPS) is 11.3. The van der Waals surface area contributed by atoms with Gasteiger partial charge in [-0.1, -0.05) is 0 Å². The molecule has 1 heterocycles. The van der Waals surface area contributed by atoms with E-state index in [1.807, 2.05) is 0 Å². The zero-order valence-corrected chi connectivity index (χ0v) is 13.5. The number of nitrogens with two attached hydrogens (primary N) is 1. The number of sulfonamides is 1. The number of amides is 1. The number of hydrogen-bond donors (Lipinski definition) is 2. The first kappa shape index (κ1) is 17.6. The Kier molecular flexibility index (Phi) is 6.31. The Morgan fingerprint density at radius 1 is 1.38 bits per heavy atom. The minimum absolute atomic E-state index is 0.0470. The summed E-state index contributed by atoms with van der Waals surface area (Å²) in [5.41, 5.74) is 5.49. The van der Waals surface area contributed by atoms with Gasteiger partial charge in [-0.05, 0) is 30.7 Å². The molecule has 0 saturated heterocycles. The van der Waals surface area contributed by atoms with Crippen LogP contribution < -0.4 is 10.5 Å². The van der Waals surface area contributed by atoms with Crippen molar-refractivity contribution in [1.82, 2.24) is 4.72 Å². The van der Waals surface area contributed by atoms with Crippen LogP contribution >= 0.6 is 11.3 Å². The highest BCUT2D eigenvalue weighted by Gasteiger charge is 2.27. The first-order chi connectivity index (χ1) is 9.79. The molecule has 1 amide bonds. The lowest BCUT2D eigenvalue weighted by molar-refractivity contribution is -0.118. The van der Waals surface area contributed by atoms with Crippen LogP contribution in [-0.4, -0.2) is 33.9 Å². The Morgan fingerprint density at radius 2 is 2.05 bits per heavy atom. The van der Waals surface area contributed by atoms with Gasteiger partial charge in [0.2, 0.25) is 15.9 Å². The number of nitrogens with one attached hydrogen (secondary N) is 1. The molecule has 21 heavy (non-hydrogen) atoms. The van der Waals surface area contributed by atoms with Gasteiger partial charge in [0, 0.05) is 13.0 Å². The minimum atomic E-state index is -3.79. The first-order valence-electron chi connectivity index (χ1n) is 6.24. The summed E-state index contributed by atoms with van der Waals surface area (Å²) in [6, 6.07) is 0. The summed E-state index contributed by atoms with van der Waals surface area (Å²) in [5.74, 6) is -1.10. The summed E-state index contributed by atoms with van der Waals surface area (Å²) >= 11 is 1.03. The van der Waals surface area contributed by atoms with Crippen LogP contribution in [-0.2, 0) is 19.6 Å². The van der Waals surface area contributed by atoms with Crippen molar-refractivity contribution in [2.75, 3.05) is 13.7 Å². The number of primary amides is 1. The van der Waals surface area contributed by atoms with Crippen molar-refractivity contribution in [1.29, 1.82) is 0 Å². The molecule has 0 atom stereocenters. The van der Waals surface area contributed by atoms with Crippen LogP contribution in [0.2, 0.25) is 0 Å². The summed E-state index contributed by atoms with van der Waals surface area (Å²) in [6.45, 7) is 1.79. The molecule has 0 aliphatic rings. The van der Waals surface area contributed by atoms with E-state index in [9.17, 15) is 18.0 Å². The van der Waals surface area contributed by atoms with Crippen molar-refractivity contribution in [3.63, 3.8) is 0 Å². The van der Waals surface area contributed by atoms with Crippen LogP contribution in [0, 0.1) is 6.92 Å².